The molecule has 0 saturated heterocycles. The van der Waals surface area contributed by atoms with Crippen molar-refractivity contribution in [3.8, 4) is 11.5 Å². The normalized spacial score (nSPS) is 11.6. The molecule has 0 aliphatic carbocycles. The second-order valence-corrected chi connectivity index (χ2v) is 5.20. The highest BCUT2D eigenvalue weighted by atomic mass is 16.7. The van der Waals surface area contributed by atoms with Crippen LogP contribution in [-0.4, -0.2) is 26.0 Å². The lowest BCUT2D eigenvalue weighted by molar-refractivity contribution is 0.0491. The van der Waals surface area contributed by atoms with E-state index in [1.165, 1.54) is 0 Å². The summed E-state index contributed by atoms with van der Waals surface area (Å²) in [6.07, 6.45) is 7.58. The van der Waals surface area contributed by atoms with Gasteiger partial charge in [0.05, 0.1) is 7.11 Å². The first kappa shape index (κ1) is 16.8. The van der Waals surface area contributed by atoms with Crippen molar-refractivity contribution in [2.75, 3.05) is 21.0 Å². The summed E-state index contributed by atoms with van der Waals surface area (Å²) in [5.41, 5.74) is 2.62. The average molecular weight is 337 g/mol. The number of fused-ring (bicyclic) bond motifs is 1. The monoisotopic (exact) mass is 337 g/mol. The van der Waals surface area contributed by atoms with Gasteiger partial charge in [-0.2, -0.15) is 0 Å². The number of ether oxygens (including phenoxy) is 3. The maximum absolute atomic E-state index is 5.63. The van der Waals surface area contributed by atoms with Gasteiger partial charge in [-0.1, -0.05) is 36.4 Å². The van der Waals surface area contributed by atoms with Crippen molar-refractivity contribution in [3.05, 3.63) is 66.1 Å². The first-order valence-electron chi connectivity index (χ1n) is 7.80. The van der Waals surface area contributed by atoms with Crippen LogP contribution in [0.2, 0.25) is 0 Å². The highest BCUT2D eigenvalue weighted by Crippen LogP contribution is 2.28. The van der Waals surface area contributed by atoms with Crippen molar-refractivity contribution in [2.24, 2.45) is 0 Å². The van der Waals surface area contributed by atoms with E-state index in [2.05, 4.69) is 4.98 Å². The highest BCUT2D eigenvalue weighted by molar-refractivity contribution is 5.73. The topological polar surface area (TPSA) is 53.7 Å². The Morgan fingerprint density at radius 3 is 2.64 bits per heavy atom. The molecule has 3 rings (SSSR count). The molecule has 1 aromatic heterocycles. The lowest BCUT2D eigenvalue weighted by Crippen LogP contribution is -2.00. The van der Waals surface area contributed by atoms with Crippen LogP contribution in [0.5, 0.6) is 11.5 Å². The van der Waals surface area contributed by atoms with Crippen LogP contribution in [0.25, 0.3) is 23.3 Å². The van der Waals surface area contributed by atoms with E-state index in [1.54, 1.807) is 14.2 Å². The summed E-state index contributed by atoms with van der Waals surface area (Å²) in [6, 6.07) is 13.4. The van der Waals surface area contributed by atoms with E-state index >= 15 is 0 Å². The second kappa shape index (κ2) is 8.17. The fourth-order valence-electron chi connectivity index (χ4n) is 2.30. The average Bonchev–Trinajstić information content (AvgIpc) is 3.06. The van der Waals surface area contributed by atoms with Crippen molar-refractivity contribution in [1.29, 1.82) is 0 Å². The molecular weight excluding hydrogens is 318 g/mol. The van der Waals surface area contributed by atoms with E-state index in [1.807, 2.05) is 66.8 Å². The predicted molar refractivity (Wildman–Crippen MR) is 97.6 cm³/mol. The zero-order valence-corrected chi connectivity index (χ0v) is 14.1. The molecule has 0 radical (unpaired) electrons. The van der Waals surface area contributed by atoms with Gasteiger partial charge in [0.15, 0.2) is 23.9 Å². The van der Waals surface area contributed by atoms with Crippen LogP contribution in [0.3, 0.4) is 0 Å². The molecule has 2 aromatic carbocycles. The van der Waals surface area contributed by atoms with Crippen LogP contribution in [0.15, 0.2) is 59.0 Å². The molecule has 3 aromatic rings. The van der Waals surface area contributed by atoms with Crippen LogP contribution in [0.1, 0.15) is 11.5 Å². The van der Waals surface area contributed by atoms with Gasteiger partial charge in [0.25, 0.3) is 0 Å². The number of benzene rings is 2. The molecule has 0 amide bonds. The summed E-state index contributed by atoms with van der Waals surface area (Å²) in [5, 5.41) is 0. The third-order valence-corrected chi connectivity index (χ3v) is 3.47. The van der Waals surface area contributed by atoms with Gasteiger partial charge in [-0.25, -0.2) is 4.98 Å². The van der Waals surface area contributed by atoms with Gasteiger partial charge < -0.3 is 18.6 Å². The molecule has 0 fully saturated rings. The number of rotatable bonds is 7. The first-order valence-corrected chi connectivity index (χ1v) is 7.80. The smallest absolute Gasteiger partial charge is 0.219 e. The molecule has 0 atom stereocenters. The van der Waals surface area contributed by atoms with Gasteiger partial charge in [0.1, 0.15) is 5.52 Å². The quantitative estimate of drug-likeness (QED) is 0.468. The summed E-state index contributed by atoms with van der Waals surface area (Å²) in [5.74, 6) is 1.87. The molecular formula is C20H19NO4. The van der Waals surface area contributed by atoms with Gasteiger partial charge in [-0.15, -0.1) is 0 Å². The molecule has 25 heavy (non-hydrogen) atoms. The van der Waals surface area contributed by atoms with E-state index in [9.17, 15) is 0 Å². The standard InChI is InChI=1S/C20H19NO4/c1-22-14-24-18-12-11-15(13-19(18)23-2)7-3-6-10-20-21-16-8-4-5-9-17(16)25-20/h3-13H,14H2,1-2H3/b7-3+,10-6+. The zero-order chi connectivity index (χ0) is 17.5. The zero-order valence-electron chi connectivity index (χ0n) is 14.1. The van der Waals surface area contributed by atoms with E-state index in [-0.39, 0.29) is 6.79 Å². The van der Waals surface area contributed by atoms with Gasteiger partial charge >= 0.3 is 0 Å². The highest BCUT2D eigenvalue weighted by Gasteiger charge is 2.04. The van der Waals surface area contributed by atoms with Gasteiger partial charge in [0, 0.05) is 13.2 Å². The van der Waals surface area contributed by atoms with E-state index in [0.29, 0.717) is 17.4 Å². The number of hydrogen-bond donors (Lipinski definition) is 0. The number of methoxy groups -OCH3 is 2. The summed E-state index contributed by atoms with van der Waals surface area (Å²) in [7, 11) is 3.18. The number of para-hydroxylation sites is 2. The molecule has 5 nitrogen and oxygen atoms in total. The van der Waals surface area contributed by atoms with Gasteiger partial charge in [0.2, 0.25) is 5.89 Å². The Hall–Kier alpha value is -3.05. The molecule has 0 bridgehead atoms. The number of allylic oxidation sites excluding steroid dienone is 2. The molecule has 5 heteroatoms. The Morgan fingerprint density at radius 2 is 1.84 bits per heavy atom. The minimum Gasteiger partial charge on any atom is -0.493 e. The molecule has 1 heterocycles. The molecule has 0 unspecified atom stereocenters. The Bertz CT molecular complexity index is 863. The third-order valence-electron chi connectivity index (χ3n) is 3.47. The Balaban J connectivity index is 1.68. The Kier molecular flexibility index (Phi) is 5.49. The van der Waals surface area contributed by atoms with Crippen molar-refractivity contribution < 1.29 is 18.6 Å². The molecule has 0 aliphatic rings. The largest absolute Gasteiger partial charge is 0.493 e. The molecule has 128 valence electrons. The number of oxazole rings is 1. The van der Waals surface area contributed by atoms with Crippen molar-refractivity contribution in [2.45, 2.75) is 0 Å². The fraction of sp³-hybridized carbons (Fsp3) is 0.150. The van der Waals surface area contributed by atoms with E-state index in [0.717, 1.165) is 16.7 Å². The van der Waals surface area contributed by atoms with Crippen molar-refractivity contribution in [3.63, 3.8) is 0 Å². The van der Waals surface area contributed by atoms with Crippen LogP contribution >= 0.6 is 0 Å². The SMILES string of the molecule is COCOc1ccc(/C=C/C=C/c2nc3ccccc3o2)cc1OC. The van der Waals surface area contributed by atoms with Crippen LogP contribution in [0.4, 0.5) is 0 Å². The summed E-state index contributed by atoms with van der Waals surface area (Å²) >= 11 is 0. The van der Waals surface area contributed by atoms with Crippen molar-refractivity contribution >= 4 is 23.3 Å². The fourth-order valence-corrected chi connectivity index (χ4v) is 2.30. The number of hydrogen-bond acceptors (Lipinski definition) is 5. The van der Waals surface area contributed by atoms with Crippen LogP contribution in [0, 0.1) is 0 Å². The first-order chi connectivity index (χ1) is 12.3. The Labute approximate surface area is 146 Å². The molecule has 0 N–H and O–H groups in total. The van der Waals surface area contributed by atoms with Gasteiger partial charge in [-0.3, -0.25) is 0 Å². The molecule has 0 saturated carbocycles. The maximum atomic E-state index is 5.63. The number of nitrogens with zero attached hydrogens (tertiary/aromatic N) is 1. The molecule has 0 aliphatic heterocycles. The van der Waals surface area contributed by atoms with Crippen LogP contribution < -0.4 is 9.47 Å². The molecule has 0 spiro atoms. The lowest BCUT2D eigenvalue weighted by Gasteiger charge is -2.10. The number of aromatic nitrogens is 1. The lowest BCUT2D eigenvalue weighted by atomic mass is 10.2. The predicted octanol–water partition coefficient (Wildman–Crippen LogP) is 4.55. The summed E-state index contributed by atoms with van der Waals surface area (Å²) < 4.78 is 21.3. The Morgan fingerprint density at radius 1 is 1.00 bits per heavy atom. The van der Waals surface area contributed by atoms with E-state index < -0.39 is 0 Å². The second-order valence-electron chi connectivity index (χ2n) is 5.20. The maximum Gasteiger partial charge on any atom is 0.219 e. The minimum atomic E-state index is 0.179. The minimum absolute atomic E-state index is 0.179. The third kappa shape index (κ3) is 4.28. The van der Waals surface area contributed by atoms with E-state index in [4.69, 9.17) is 18.6 Å². The van der Waals surface area contributed by atoms with Crippen LogP contribution in [-0.2, 0) is 4.74 Å². The summed E-state index contributed by atoms with van der Waals surface area (Å²) in [4.78, 5) is 4.39. The summed E-state index contributed by atoms with van der Waals surface area (Å²) in [6.45, 7) is 0.179. The van der Waals surface area contributed by atoms with Crippen molar-refractivity contribution in [1.82, 2.24) is 4.98 Å². The van der Waals surface area contributed by atoms with Gasteiger partial charge in [-0.05, 0) is 29.8 Å².